The third-order valence-electron chi connectivity index (χ3n) is 7.05. The van der Waals surface area contributed by atoms with Crippen molar-refractivity contribution in [1.82, 2.24) is 25.2 Å². The van der Waals surface area contributed by atoms with Gasteiger partial charge in [0.05, 0.1) is 12.3 Å². The van der Waals surface area contributed by atoms with Crippen molar-refractivity contribution in [2.45, 2.75) is 32.7 Å². The largest absolute Gasteiger partial charge is 0.388 e. The fourth-order valence-corrected chi connectivity index (χ4v) is 4.90. The molecule has 2 N–H and O–H groups in total. The molecule has 0 amide bonds. The van der Waals surface area contributed by atoms with Crippen LogP contribution in [0, 0.1) is 12.7 Å². The van der Waals surface area contributed by atoms with E-state index < -0.39 is 5.92 Å². The van der Waals surface area contributed by atoms with Gasteiger partial charge in [-0.2, -0.15) is 0 Å². The predicted octanol–water partition coefficient (Wildman–Crippen LogP) is 6.85. The third-order valence-corrected chi connectivity index (χ3v) is 7.05. The number of aromatic amines is 1. The lowest BCUT2D eigenvalue weighted by Crippen LogP contribution is -2.24. The van der Waals surface area contributed by atoms with Crippen LogP contribution in [0.3, 0.4) is 0 Å². The summed E-state index contributed by atoms with van der Waals surface area (Å²) >= 11 is 0. The lowest BCUT2D eigenvalue weighted by molar-refractivity contribution is 0.0115. The molecule has 4 rings (SSSR count). The zero-order chi connectivity index (χ0) is 30.4. The van der Waals surface area contributed by atoms with Crippen molar-refractivity contribution in [2.75, 3.05) is 20.1 Å². The van der Waals surface area contributed by atoms with Gasteiger partial charge in [0.1, 0.15) is 17.3 Å². The Hall–Kier alpha value is -4.50. The molecular weight excluding hydrogens is 537 g/mol. The van der Waals surface area contributed by atoms with Crippen LogP contribution in [0.15, 0.2) is 97.1 Å². The Morgan fingerprint density at radius 2 is 1.93 bits per heavy atom. The van der Waals surface area contributed by atoms with Crippen molar-refractivity contribution in [3.63, 3.8) is 0 Å². The van der Waals surface area contributed by atoms with Crippen molar-refractivity contribution in [2.24, 2.45) is 4.99 Å². The van der Waals surface area contributed by atoms with Crippen molar-refractivity contribution in [3.05, 3.63) is 132 Å². The lowest BCUT2D eigenvalue weighted by Gasteiger charge is -2.16. The topological polar surface area (TPSA) is 69.2 Å². The number of aryl methyl sites for hydroxylation is 1. The maximum Gasteiger partial charge on any atom is 0.261 e. The molecule has 0 spiro atoms. The van der Waals surface area contributed by atoms with Gasteiger partial charge in [0, 0.05) is 73.3 Å². The number of nitrogens with one attached hydrogen (secondary N) is 2. The van der Waals surface area contributed by atoms with Crippen LogP contribution in [0.2, 0.25) is 0 Å². The summed E-state index contributed by atoms with van der Waals surface area (Å²) in [6.07, 6.45) is 8.51. The number of likely N-dealkylation sites (N-methyl/N-ethyl adjacent to an activating group) is 1. The molecule has 2 aromatic heterocycles. The Balaban J connectivity index is 1.65. The molecule has 1 fully saturated rings. The average Bonchev–Trinajstić information content (AvgIpc) is 3.52. The van der Waals surface area contributed by atoms with E-state index in [9.17, 15) is 13.2 Å². The number of aliphatic imine (C=N–C) groups is 1. The Bertz CT molecular complexity index is 1580. The van der Waals surface area contributed by atoms with Gasteiger partial charge in [0.25, 0.3) is 5.92 Å². The van der Waals surface area contributed by atoms with Crippen LogP contribution < -0.4 is 5.32 Å². The molecule has 218 valence electrons. The van der Waals surface area contributed by atoms with Crippen LogP contribution in [0.4, 0.5) is 13.2 Å². The SMILES string of the molecule is C=CN=C(c1ccc(F)cc1)c1nc(C(=C)C(=C/C(=C)c2cncc(CN3CCC(F)(F)C3)c2)/C(=C\C)NC)[nH]c1C. The number of allylic oxidation sites excluding steroid dienone is 4. The molecule has 0 aliphatic carbocycles. The second-order valence-electron chi connectivity index (χ2n) is 10.1. The molecule has 1 aliphatic heterocycles. The maximum absolute atomic E-state index is 13.7. The zero-order valence-corrected chi connectivity index (χ0v) is 24.1. The van der Waals surface area contributed by atoms with Crippen LogP contribution in [-0.2, 0) is 6.54 Å². The van der Waals surface area contributed by atoms with Crippen LogP contribution >= 0.6 is 0 Å². The molecule has 3 aromatic rings. The monoisotopic (exact) mass is 572 g/mol. The Morgan fingerprint density at radius 1 is 1.19 bits per heavy atom. The van der Waals surface area contributed by atoms with Crippen molar-refractivity contribution in [3.8, 4) is 0 Å². The van der Waals surface area contributed by atoms with E-state index in [0.717, 1.165) is 28.1 Å². The number of alkyl halides is 2. The number of nitrogens with zero attached hydrogens (tertiary/aromatic N) is 4. The average molecular weight is 573 g/mol. The highest BCUT2D eigenvalue weighted by Gasteiger charge is 2.37. The first-order valence-corrected chi connectivity index (χ1v) is 13.6. The number of benzene rings is 1. The Morgan fingerprint density at radius 3 is 2.55 bits per heavy atom. The molecule has 0 radical (unpaired) electrons. The van der Waals surface area contributed by atoms with Gasteiger partial charge in [-0.1, -0.05) is 25.8 Å². The number of H-pyrrole nitrogens is 1. The number of likely N-dealkylation sites (tertiary alicyclic amines) is 1. The maximum atomic E-state index is 13.7. The summed E-state index contributed by atoms with van der Waals surface area (Å²) in [4.78, 5) is 18.6. The number of imidazole rings is 1. The molecule has 1 aliphatic rings. The van der Waals surface area contributed by atoms with E-state index in [4.69, 9.17) is 4.98 Å². The molecule has 1 aromatic carbocycles. The summed E-state index contributed by atoms with van der Waals surface area (Å²) in [5.41, 5.74) is 7.02. The molecule has 0 bridgehead atoms. The van der Waals surface area contributed by atoms with Gasteiger partial charge >= 0.3 is 0 Å². The van der Waals surface area contributed by atoms with E-state index in [-0.39, 0.29) is 18.8 Å². The van der Waals surface area contributed by atoms with Gasteiger partial charge in [-0.15, -0.1) is 0 Å². The van der Waals surface area contributed by atoms with E-state index in [2.05, 4.69) is 40.0 Å². The predicted molar refractivity (Wildman–Crippen MR) is 164 cm³/mol. The third kappa shape index (κ3) is 7.03. The first-order chi connectivity index (χ1) is 20.0. The summed E-state index contributed by atoms with van der Waals surface area (Å²) in [5, 5.41) is 3.21. The van der Waals surface area contributed by atoms with Crippen LogP contribution in [0.1, 0.15) is 47.2 Å². The minimum atomic E-state index is -2.65. The number of hydrogen-bond donors (Lipinski definition) is 2. The molecule has 9 heteroatoms. The van der Waals surface area contributed by atoms with Gasteiger partial charge in [-0.3, -0.25) is 14.9 Å². The summed E-state index contributed by atoms with van der Waals surface area (Å²) < 4.78 is 40.9. The van der Waals surface area contributed by atoms with Gasteiger partial charge in [0.15, 0.2) is 0 Å². The molecule has 0 atom stereocenters. The van der Waals surface area contributed by atoms with E-state index in [1.165, 1.54) is 18.3 Å². The summed E-state index contributed by atoms with van der Waals surface area (Å²) in [7, 11) is 1.81. The molecule has 0 unspecified atom stereocenters. The normalized spacial score (nSPS) is 16.0. The smallest absolute Gasteiger partial charge is 0.261 e. The molecule has 0 saturated carbocycles. The molecule has 6 nitrogen and oxygen atoms in total. The number of pyridine rings is 1. The Kier molecular flexibility index (Phi) is 9.42. The quantitative estimate of drug-likeness (QED) is 0.195. The van der Waals surface area contributed by atoms with Gasteiger partial charge < -0.3 is 10.3 Å². The van der Waals surface area contributed by atoms with E-state index in [1.807, 2.05) is 39.1 Å². The van der Waals surface area contributed by atoms with Gasteiger partial charge in [-0.25, -0.2) is 18.2 Å². The number of hydrogen-bond acceptors (Lipinski definition) is 5. The fraction of sp³-hybridized carbons (Fsp3) is 0.242. The first kappa shape index (κ1) is 30.5. The minimum absolute atomic E-state index is 0.129. The van der Waals surface area contributed by atoms with Crippen molar-refractivity contribution < 1.29 is 13.2 Å². The minimum Gasteiger partial charge on any atom is -0.388 e. The highest BCUT2D eigenvalue weighted by molar-refractivity contribution is 6.12. The van der Waals surface area contributed by atoms with Crippen LogP contribution in [0.5, 0.6) is 0 Å². The Labute approximate surface area is 244 Å². The van der Waals surface area contributed by atoms with Gasteiger partial charge in [-0.05, 0) is 67.0 Å². The second kappa shape index (κ2) is 13.0. The van der Waals surface area contributed by atoms with E-state index >= 15 is 0 Å². The lowest BCUT2D eigenvalue weighted by atomic mass is 9.97. The molecule has 1 saturated heterocycles. The summed E-state index contributed by atoms with van der Waals surface area (Å²) in [6.45, 7) is 16.6. The van der Waals surface area contributed by atoms with Gasteiger partial charge in [0.2, 0.25) is 0 Å². The summed E-state index contributed by atoms with van der Waals surface area (Å²) in [5.74, 6) is -2.47. The van der Waals surface area contributed by atoms with Crippen molar-refractivity contribution in [1.29, 1.82) is 0 Å². The number of aromatic nitrogens is 3. The standard InChI is InChI=1S/C33H35F3N6/c1-7-29(37-6)28(15-21(3)26-16-24(17-38-18-26)19-42-14-13-33(35,36)20-42)22(4)32-40-23(5)30(41-32)31(39-8-2)25-9-11-27(34)12-10-25/h7-12,15-18,37H,2-4,13-14,19-20H2,1,5-6H3,(H,40,41)/b28-15-,29-7+,39-31?. The second-order valence-corrected chi connectivity index (χ2v) is 10.1. The van der Waals surface area contributed by atoms with E-state index in [1.54, 1.807) is 29.4 Å². The highest BCUT2D eigenvalue weighted by Crippen LogP contribution is 2.30. The molecule has 3 heterocycles. The van der Waals surface area contributed by atoms with E-state index in [0.29, 0.717) is 47.0 Å². The first-order valence-electron chi connectivity index (χ1n) is 13.6. The fourth-order valence-electron chi connectivity index (χ4n) is 4.90. The van der Waals surface area contributed by atoms with Crippen LogP contribution in [-0.4, -0.2) is 51.6 Å². The zero-order valence-electron chi connectivity index (χ0n) is 24.1. The van der Waals surface area contributed by atoms with Crippen molar-refractivity contribution >= 4 is 16.9 Å². The molecular formula is C33H35F3N6. The highest BCUT2D eigenvalue weighted by atomic mass is 19.3. The number of halogens is 3. The number of rotatable bonds is 11. The molecule has 42 heavy (non-hydrogen) atoms. The summed E-state index contributed by atoms with van der Waals surface area (Å²) in [6, 6.07) is 7.96. The van der Waals surface area contributed by atoms with Crippen LogP contribution in [0.25, 0.3) is 11.1 Å².